The number of rotatable bonds is 1. The molecule has 0 bridgehead atoms. The standard InChI is InChI=1S/C13H6Br2F2N2O/c1-5-2-6(7(4-18)13(20)19-5)10-8(14)3-9(16)11(15)12(10)17/h2-3H,1H3,(H,19,20). The molecule has 3 nitrogen and oxygen atoms in total. The van der Waals surface area contributed by atoms with Crippen LogP contribution in [0.4, 0.5) is 8.78 Å². The predicted molar refractivity (Wildman–Crippen MR) is 77.3 cm³/mol. The molecule has 20 heavy (non-hydrogen) atoms. The summed E-state index contributed by atoms with van der Waals surface area (Å²) in [4.78, 5) is 14.2. The Hall–Kier alpha value is -1.52. The monoisotopic (exact) mass is 402 g/mol. The first kappa shape index (κ1) is 14.9. The van der Waals surface area contributed by atoms with Gasteiger partial charge >= 0.3 is 0 Å². The van der Waals surface area contributed by atoms with E-state index in [1.807, 2.05) is 0 Å². The van der Waals surface area contributed by atoms with Crippen LogP contribution in [0.5, 0.6) is 0 Å². The fraction of sp³-hybridized carbons (Fsp3) is 0.0769. The van der Waals surface area contributed by atoms with Crippen LogP contribution in [-0.4, -0.2) is 4.98 Å². The lowest BCUT2D eigenvalue weighted by atomic mass is 10.0. The van der Waals surface area contributed by atoms with Crippen LogP contribution in [0.25, 0.3) is 11.1 Å². The van der Waals surface area contributed by atoms with Gasteiger partial charge in [0.15, 0.2) is 0 Å². The summed E-state index contributed by atoms with van der Waals surface area (Å²) in [5.41, 5.74) is -0.304. The Morgan fingerprint density at radius 2 is 1.95 bits per heavy atom. The number of aromatic amines is 1. The number of aryl methyl sites for hydroxylation is 1. The fourth-order valence-corrected chi connectivity index (χ4v) is 2.71. The van der Waals surface area contributed by atoms with Crippen molar-refractivity contribution in [3.8, 4) is 17.2 Å². The summed E-state index contributed by atoms with van der Waals surface area (Å²) in [6, 6.07) is 4.27. The second kappa shape index (κ2) is 5.46. The van der Waals surface area contributed by atoms with E-state index in [9.17, 15) is 13.6 Å². The molecule has 1 N–H and O–H groups in total. The van der Waals surface area contributed by atoms with Gasteiger partial charge in [-0.15, -0.1) is 0 Å². The van der Waals surface area contributed by atoms with Gasteiger partial charge in [0.25, 0.3) is 5.56 Å². The molecule has 102 valence electrons. The molecule has 1 aromatic carbocycles. The Labute approximate surface area is 129 Å². The lowest BCUT2D eigenvalue weighted by Crippen LogP contribution is -2.13. The maximum Gasteiger partial charge on any atom is 0.266 e. The molecule has 0 unspecified atom stereocenters. The Kier molecular flexibility index (Phi) is 4.06. The van der Waals surface area contributed by atoms with E-state index in [2.05, 4.69) is 36.8 Å². The van der Waals surface area contributed by atoms with Gasteiger partial charge < -0.3 is 4.98 Å². The van der Waals surface area contributed by atoms with E-state index in [-0.39, 0.29) is 25.6 Å². The summed E-state index contributed by atoms with van der Waals surface area (Å²) < 4.78 is 27.5. The molecule has 0 spiro atoms. The first-order chi connectivity index (χ1) is 9.36. The number of nitrogens with one attached hydrogen (secondary N) is 1. The lowest BCUT2D eigenvalue weighted by molar-refractivity contribution is 0.573. The molecule has 0 atom stereocenters. The van der Waals surface area contributed by atoms with Crippen LogP contribution in [0.1, 0.15) is 11.3 Å². The number of benzene rings is 1. The predicted octanol–water partition coefficient (Wildman–Crippen LogP) is 4.03. The van der Waals surface area contributed by atoms with Gasteiger partial charge in [0.05, 0.1) is 4.47 Å². The average Bonchev–Trinajstić information content (AvgIpc) is 2.35. The van der Waals surface area contributed by atoms with Gasteiger partial charge in [-0.3, -0.25) is 4.79 Å². The van der Waals surface area contributed by atoms with Crippen LogP contribution in [0.3, 0.4) is 0 Å². The van der Waals surface area contributed by atoms with Crippen molar-refractivity contribution < 1.29 is 8.78 Å². The van der Waals surface area contributed by atoms with Crippen LogP contribution in [0.15, 0.2) is 25.9 Å². The molecule has 2 aromatic rings. The van der Waals surface area contributed by atoms with E-state index in [0.717, 1.165) is 6.07 Å². The quantitative estimate of drug-likeness (QED) is 0.577. The van der Waals surface area contributed by atoms with E-state index < -0.39 is 17.2 Å². The van der Waals surface area contributed by atoms with Gasteiger partial charge in [0, 0.05) is 21.3 Å². The Bertz CT molecular complexity index is 809. The molecule has 2 rings (SSSR count). The Balaban J connectivity index is 2.93. The number of pyridine rings is 1. The minimum Gasteiger partial charge on any atom is -0.325 e. The molecule has 0 saturated heterocycles. The molecular formula is C13H6Br2F2N2O. The van der Waals surface area contributed by atoms with Gasteiger partial charge in [-0.05, 0) is 50.9 Å². The lowest BCUT2D eigenvalue weighted by Gasteiger charge is -2.11. The molecule has 0 radical (unpaired) electrons. The highest BCUT2D eigenvalue weighted by Crippen LogP contribution is 2.37. The van der Waals surface area contributed by atoms with Gasteiger partial charge in [0.2, 0.25) is 0 Å². The number of nitriles is 1. The molecule has 0 aliphatic heterocycles. The normalized spacial score (nSPS) is 10.4. The smallest absolute Gasteiger partial charge is 0.266 e. The van der Waals surface area contributed by atoms with Crippen LogP contribution >= 0.6 is 31.9 Å². The van der Waals surface area contributed by atoms with Crippen molar-refractivity contribution in [1.82, 2.24) is 4.98 Å². The van der Waals surface area contributed by atoms with E-state index in [0.29, 0.717) is 5.69 Å². The molecule has 0 saturated carbocycles. The third-order valence-electron chi connectivity index (χ3n) is 2.66. The average molecular weight is 404 g/mol. The van der Waals surface area contributed by atoms with Crippen molar-refractivity contribution in [3.63, 3.8) is 0 Å². The maximum absolute atomic E-state index is 14.3. The zero-order valence-corrected chi connectivity index (χ0v) is 13.2. The summed E-state index contributed by atoms with van der Waals surface area (Å²) >= 11 is 5.86. The summed E-state index contributed by atoms with van der Waals surface area (Å²) in [6.07, 6.45) is 0. The zero-order valence-electron chi connectivity index (χ0n) is 10.0. The molecule has 7 heteroatoms. The first-order valence-electron chi connectivity index (χ1n) is 5.34. The zero-order chi connectivity index (χ0) is 15.0. The summed E-state index contributed by atoms with van der Waals surface area (Å²) in [5.74, 6) is -1.66. The topological polar surface area (TPSA) is 56.6 Å². The molecular weight excluding hydrogens is 398 g/mol. The van der Waals surface area contributed by atoms with Gasteiger partial charge in [-0.1, -0.05) is 0 Å². The number of halogens is 4. The third-order valence-corrected chi connectivity index (χ3v) is 4.02. The number of hydrogen-bond acceptors (Lipinski definition) is 2. The van der Waals surface area contributed by atoms with Crippen molar-refractivity contribution >= 4 is 31.9 Å². The molecule has 0 fully saturated rings. The van der Waals surface area contributed by atoms with E-state index in [1.54, 1.807) is 13.0 Å². The van der Waals surface area contributed by atoms with E-state index >= 15 is 0 Å². The second-order valence-electron chi connectivity index (χ2n) is 4.03. The summed E-state index contributed by atoms with van der Waals surface area (Å²) in [6.45, 7) is 1.61. The Morgan fingerprint density at radius 3 is 2.55 bits per heavy atom. The van der Waals surface area contributed by atoms with E-state index in [4.69, 9.17) is 5.26 Å². The molecule has 0 amide bonds. The van der Waals surface area contributed by atoms with Gasteiger partial charge in [-0.2, -0.15) is 5.26 Å². The summed E-state index contributed by atoms with van der Waals surface area (Å²) in [5, 5.41) is 9.06. The maximum atomic E-state index is 14.3. The highest BCUT2D eigenvalue weighted by molar-refractivity contribution is 9.11. The van der Waals surface area contributed by atoms with Crippen LogP contribution in [0, 0.1) is 29.9 Å². The highest BCUT2D eigenvalue weighted by atomic mass is 79.9. The van der Waals surface area contributed by atoms with Crippen molar-refractivity contribution in [2.24, 2.45) is 0 Å². The number of H-pyrrole nitrogens is 1. The highest BCUT2D eigenvalue weighted by Gasteiger charge is 2.21. The summed E-state index contributed by atoms with van der Waals surface area (Å²) in [7, 11) is 0. The van der Waals surface area contributed by atoms with Gasteiger partial charge in [-0.25, -0.2) is 8.78 Å². The molecule has 0 aliphatic carbocycles. The second-order valence-corrected chi connectivity index (χ2v) is 5.67. The largest absolute Gasteiger partial charge is 0.325 e. The number of aromatic nitrogens is 1. The van der Waals surface area contributed by atoms with Crippen molar-refractivity contribution in [2.45, 2.75) is 6.92 Å². The van der Waals surface area contributed by atoms with Crippen molar-refractivity contribution in [3.05, 3.63) is 54.3 Å². The fourth-order valence-electron chi connectivity index (χ4n) is 1.81. The van der Waals surface area contributed by atoms with Crippen LogP contribution < -0.4 is 5.56 Å². The van der Waals surface area contributed by atoms with Crippen molar-refractivity contribution in [2.75, 3.05) is 0 Å². The molecule has 0 aliphatic rings. The SMILES string of the molecule is Cc1cc(-c2c(Br)cc(F)c(Br)c2F)c(C#N)c(=O)[nH]1. The van der Waals surface area contributed by atoms with Crippen LogP contribution in [0.2, 0.25) is 0 Å². The third kappa shape index (κ3) is 2.41. The Morgan fingerprint density at radius 1 is 1.30 bits per heavy atom. The molecule has 1 heterocycles. The minimum atomic E-state index is -0.877. The van der Waals surface area contributed by atoms with E-state index in [1.165, 1.54) is 6.07 Å². The van der Waals surface area contributed by atoms with Crippen LogP contribution in [-0.2, 0) is 0 Å². The van der Waals surface area contributed by atoms with Crippen molar-refractivity contribution in [1.29, 1.82) is 5.26 Å². The van der Waals surface area contributed by atoms with Gasteiger partial charge in [0.1, 0.15) is 23.3 Å². The minimum absolute atomic E-state index is 0.0379. The first-order valence-corrected chi connectivity index (χ1v) is 6.92. The molecule has 1 aromatic heterocycles. The number of hydrogen-bond donors (Lipinski definition) is 1. The number of nitrogens with zero attached hydrogens (tertiary/aromatic N) is 1.